The summed E-state index contributed by atoms with van der Waals surface area (Å²) in [7, 11) is -3.09. The fourth-order valence-electron chi connectivity index (χ4n) is 4.86. The molecule has 3 saturated heterocycles. The maximum absolute atomic E-state index is 13.0. The van der Waals surface area contributed by atoms with E-state index in [0.717, 1.165) is 32.5 Å². The summed E-state index contributed by atoms with van der Waals surface area (Å²) in [5, 5.41) is -0.377. The van der Waals surface area contributed by atoms with E-state index in [0.29, 0.717) is 19.5 Å². The average molecular weight is 377 g/mol. The summed E-state index contributed by atoms with van der Waals surface area (Å²) in [6.07, 6.45) is 2.64. The van der Waals surface area contributed by atoms with Gasteiger partial charge in [-0.15, -0.1) is 0 Å². The Balaban J connectivity index is 1.51. The molecule has 0 N–H and O–H groups in total. The number of amides is 1. The summed E-state index contributed by atoms with van der Waals surface area (Å²) in [4.78, 5) is 17.2. The maximum atomic E-state index is 13.0. The van der Waals surface area contributed by atoms with Crippen molar-refractivity contribution in [2.45, 2.75) is 38.0 Å². The van der Waals surface area contributed by atoms with Crippen LogP contribution in [0.4, 0.5) is 0 Å². The second kappa shape index (κ2) is 6.97. The van der Waals surface area contributed by atoms with Crippen molar-refractivity contribution in [2.24, 2.45) is 11.8 Å². The van der Waals surface area contributed by atoms with Crippen molar-refractivity contribution in [1.29, 1.82) is 0 Å². The van der Waals surface area contributed by atoms with Gasteiger partial charge in [0.1, 0.15) is 0 Å². The van der Waals surface area contributed by atoms with Gasteiger partial charge >= 0.3 is 0 Å². The van der Waals surface area contributed by atoms with Gasteiger partial charge in [0.15, 0.2) is 9.84 Å². The van der Waals surface area contributed by atoms with Crippen LogP contribution in [-0.2, 0) is 21.2 Å². The molecule has 5 nitrogen and oxygen atoms in total. The molecule has 0 saturated carbocycles. The van der Waals surface area contributed by atoms with E-state index in [4.69, 9.17) is 0 Å². The van der Waals surface area contributed by atoms with Crippen molar-refractivity contribution in [3.8, 4) is 0 Å². The predicted molar refractivity (Wildman–Crippen MR) is 101 cm³/mol. The highest BCUT2D eigenvalue weighted by molar-refractivity contribution is 7.92. The minimum Gasteiger partial charge on any atom is -0.342 e. The molecule has 26 heavy (non-hydrogen) atoms. The molecule has 4 rings (SSSR count). The molecule has 0 unspecified atom stereocenters. The second-order valence-electron chi connectivity index (χ2n) is 8.18. The molecular formula is C20H28N2O3S. The van der Waals surface area contributed by atoms with Crippen LogP contribution in [0.25, 0.3) is 0 Å². The van der Waals surface area contributed by atoms with Crippen molar-refractivity contribution >= 4 is 15.7 Å². The third-order valence-electron chi connectivity index (χ3n) is 6.34. The Morgan fingerprint density at radius 1 is 1.12 bits per heavy atom. The lowest BCUT2D eigenvalue weighted by Gasteiger charge is -2.34. The molecule has 3 atom stereocenters. The van der Waals surface area contributed by atoms with Gasteiger partial charge in [-0.1, -0.05) is 29.8 Å². The van der Waals surface area contributed by atoms with Crippen molar-refractivity contribution in [3.05, 3.63) is 35.4 Å². The number of benzene rings is 1. The molecule has 1 aromatic carbocycles. The Hall–Kier alpha value is -1.40. The number of carbonyl (C=O) groups excluding carboxylic acids is 1. The van der Waals surface area contributed by atoms with E-state index >= 15 is 0 Å². The zero-order chi connectivity index (χ0) is 18.3. The zero-order valence-corrected chi connectivity index (χ0v) is 16.2. The first-order valence-electron chi connectivity index (χ1n) is 9.72. The Labute approximate surface area is 156 Å². The van der Waals surface area contributed by atoms with Gasteiger partial charge < -0.3 is 4.90 Å². The molecule has 3 aliphatic heterocycles. The zero-order valence-electron chi connectivity index (χ0n) is 15.4. The van der Waals surface area contributed by atoms with Crippen LogP contribution in [0, 0.1) is 18.8 Å². The van der Waals surface area contributed by atoms with Crippen molar-refractivity contribution in [3.63, 3.8) is 0 Å². The predicted octanol–water partition coefficient (Wildman–Crippen LogP) is 1.85. The number of likely N-dealkylation sites (tertiary alicyclic amines) is 2. The molecule has 3 fully saturated rings. The number of aryl methyl sites for hydroxylation is 1. The first-order chi connectivity index (χ1) is 12.4. The van der Waals surface area contributed by atoms with Gasteiger partial charge in [-0.2, -0.15) is 0 Å². The molecule has 0 aliphatic carbocycles. The minimum absolute atomic E-state index is 0.0488. The number of hydrogen-bond donors (Lipinski definition) is 0. The quantitative estimate of drug-likeness (QED) is 0.808. The Kier molecular flexibility index (Phi) is 4.82. The van der Waals surface area contributed by atoms with Crippen LogP contribution in [0.5, 0.6) is 0 Å². The Morgan fingerprint density at radius 2 is 1.81 bits per heavy atom. The van der Waals surface area contributed by atoms with Gasteiger partial charge in [0.2, 0.25) is 5.91 Å². The molecule has 0 bridgehead atoms. The summed E-state index contributed by atoms with van der Waals surface area (Å²) in [6, 6.07) is 8.40. The number of fused-ring (bicyclic) bond motifs is 1. The van der Waals surface area contributed by atoms with Gasteiger partial charge in [0.25, 0.3) is 0 Å². The number of sulfone groups is 1. The van der Waals surface area contributed by atoms with E-state index in [1.165, 1.54) is 11.1 Å². The van der Waals surface area contributed by atoms with Gasteiger partial charge in [-0.25, -0.2) is 8.42 Å². The molecule has 0 aromatic heterocycles. The molecule has 142 valence electrons. The number of hydrogen-bond acceptors (Lipinski definition) is 4. The first kappa shape index (κ1) is 18.0. The smallest absolute Gasteiger partial charge is 0.226 e. The Morgan fingerprint density at radius 3 is 2.50 bits per heavy atom. The van der Waals surface area contributed by atoms with Gasteiger partial charge in [0, 0.05) is 44.6 Å². The molecule has 3 aliphatic rings. The van der Waals surface area contributed by atoms with Crippen LogP contribution in [0.1, 0.15) is 30.4 Å². The molecule has 0 radical (unpaired) electrons. The van der Waals surface area contributed by atoms with E-state index in [-0.39, 0.29) is 28.7 Å². The molecule has 3 heterocycles. The molecule has 1 aromatic rings. The third-order valence-corrected chi connectivity index (χ3v) is 8.56. The van der Waals surface area contributed by atoms with Crippen LogP contribution in [0.3, 0.4) is 0 Å². The SMILES string of the molecule is Cc1ccc(CN2C[C@@H]3[C@@H](C(=O)N4CCCC4)CCS(=O)(=O)[C@@H]3C2)cc1. The minimum atomic E-state index is -3.09. The topological polar surface area (TPSA) is 57.7 Å². The van der Waals surface area contributed by atoms with Crippen LogP contribution >= 0.6 is 0 Å². The Bertz CT molecular complexity index is 769. The summed E-state index contributed by atoms with van der Waals surface area (Å²) in [6.45, 7) is 5.77. The van der Waals surface area contributed by atoms with Crippen molar-refractivity contribution in [1.82, 2.24) is 9.80 Å². The highest BCUT2D eigenvalue weighted by Crippen LogP contribution is 2.38. The second-order valence-corrected chi connectivity index (χ2v) is 10.5. The summed E-state index contributed by atoms with van der Waals surface area (Å²) in [5.74, 6) is 0.193. The van der Waals surface area contributed by atoms with E-state index in [1.54, 1.807) is 0 Å². The van der Waals surface area contributed by atoms with Crippen molar-refractivity contribution < 1.29 is 13.2 Å². The summed E-state index contributed by atoms with van der Waals surface area (Å²) < 4.78 is 25.3. The number of rotatable bonds is 3. The van der Waals surface area contributed by atoms with Crippen LogP contribution in [-0.4, -0.2) is 61.3 Å². The van der Waals surface area contributed by atoms with Crippen LogP contribution in [0.15, 0.2) is 24.3 Å². The molecule has 1 amide bonds. The third kappa shape index (κ3) is 3.41. The van der Waals surface area contributed by atoms with E-state index in [1.807, 2.05) is 4.90 Å². The largest absolute Gasteiger partial charge is 0.342 e. The lowest BCUT2D eigenvalue weighted by Crippen LogP contribution is -2.47. The summed E-state index contributed by atoms with van der Waals surface area (Å²) in [5.41, 5.74) is 2.43. The van der Waals surface area contributed by atoms with Crippen LogP contribution < -0.4 is 0 Å². The average Bonchev–Trinajstić information content (AvgIpc) is 3.27. The maximum Gasteiger partial charge on any atom is 0.226 e. The van der Waals surface area contributed by atoms with Gasteiger partial charge in [-0.05, 0) is 31.7 Å². The van der Waals surface area contributed by atoms with Gasteiger partial charge in [0.05, 0.1) is 11.0 Å². The number of nitrogens with zero attached hydrogens (tertiary/aromatic N) is 2. The van der Waals surface area contributed by atoms with Crippen LogP contribution in [0.2, 0.25) is 0 Å². The number of carbonyl (C=O) groups is 1. The fraction of sp³-hybridized carbons (Fsp3) is 0.650. The first-order valence-corrected chi connectivity index (χ1v) is 11.4. The van der Waals surface area contributed by atoms with E-state index < -0.39 is 9.84 Å². The van der Waals surface area contributed by atoms with E-state index in [9.17, 15) is 13.2 Å². The normalized spacial score (nSPS) is 31.1. The van der Waals surface area contributed by atoms with E-state index in [2.05, 4.69) is 36.1 Å². The standard InChI is InChI=1S/C20H28N2O3S/c1-15-4-6-16(7-5-15)12-21-13-18-17(20(23)22-9-2-3-10-22)8-11-26(24,25)19(18)14-21/h4-7,17-19H,2-3,8-14H2,1H3/t17-,18+,19+/m0/s1. The fourth-order valence-corrected chi connectivity index (χ4v) is 6.99. The molecule has 0 spiro atoms. The monoisotopic (exact) mass is 376 g/mol. The van der Waals surface area contributed by atoms with Crippen molar-refractivity contribution in [2.75, 3.05) is 31.9 Å². The highest BCUT2D eigenvalue weighted by atomic mass is 32.2. The molecule has 6 heteroatoms. The summed E-state index contributed by atoms with van der Waals surface area (Å²) >= 11 is 0. The highest BCUT2D eigenvalue weighted by Gasteiger charge is 2.51. The lowest BCUT2D eigenvalue weighted by atomic mass is 9.87. The molecular weight excluding hydrogens is 348 g/mol. The van der Waals surface area contributed by atoms with Gasteiger partial charge in [-0.3, -0.25) is 9.69 Å². The lowest BCUT2D eigenvalue weighted by molar-refractivity contribution is -0.136.